The summed E-state index contributed by atoms with van der Waals surface area (Å²) in [6, 6.07) is 3.73. The van der Waals surface area contributed by atoms with Crippen molar-refractivity contribution in [3.8, 4) is 0 Å². The SMILES string of the molecule is COCc1c(Cl)cc(I)cc1Cl. The number of hydrogen-bond donors (Lipinski definition) is 0. The number of methoxy groups -OCH3 is 1. The Balaban J connectivity index is 3.10. The van der Waals surface area contributed by atoms with Gasteiger partial charge in [0.15, 0.2) is 0 Å². The predicted molar refractivity (Wildman–Crippen MR) is 59.9 cm³/mol. The second-order valence-electron chi connectivity index (χ2n) is 2.28. The van der Waals surface area contributed by atoms with Gasteiger partial charge < -0.3 is 4.74 Å². The van der Waals surface area contributed by atoms with Gasteiger partial charge in [-0.25, -0.2) is 0 Å². The molecule has 0 fully saturated rings. The molecule has 1 nitrogen and oxygen atoms in total. The Morgan fingerprint density at radius 3 is 2.25 bits per heavy atom. The van der Waals surface area contributed by atoms with Crippen molar-refractivity contribution in [2.24, 2.45) is 0 Å². The number of hydrogen-bond acceptors (Lipinski definition) is 1. The molecule has 0 unspecified atom stereocenters. The topological polar surface area (TPSA) is 9.23 Å². The molecule has 0 heterocycles. The van der Waals surface area contributed by atoms with Crippen LogP contribution in [-0.4, -0.2) is 7.11 Å². The summed E-state index contributed by atoms with van der Waals surface area (Å²) >= 11 is 14.1. The van der Waals surface area contributed by atoms with Crippen LogP contribution in [0.2, 0.25) is 10.0 Å². The molecule has 0 amide bonds. The van der Waals surface area contributed by atoms with E-state index in [9.17, 15) is 0 Å². The fraction of sp³-hybridized carbons (Fsp3) is 0.250. The lowest BCUT2D eigenvalue weighted by atomic mass is 10.2. The van der Waals surface area contributed by atoms with Crippen LogP contribution in [0.4, 0.5) is 0 Å². The highest BCUT2D eigenvalue weighted by atomic mass is 127. The summed E-state index contributed by atoms with van der Waals surface area (Å²) in [6.07, 6.45) is 0. The predicted octanol–water partition coefficient (Wildman–Crippen LogP) is 3.74. The van der Waals surface area contributed by atoms with E-state index in [2.05, 4.69) is 22.6 Å². The van der Waals surface area contributed by atoms with E-state index < -0.39 is 0 Å². The Bertz CT molecular complexity index is 265. The van der Waals surface area contributed by atoms with Crippen LogP contribution in [-0.2, 0) is 11.3 Å². The van der Waals surface area contributed by atoms with E-state index >= 15 is 0 Å². The minimum absolute atomic E-state index is 0.453. The largest absolute Gasteiger partial charge is 0.380 e. The number of benzene rings is 1. The van der Waals surface area contributed by atoms with Gasteiger partial charge in [-0.2, -0.15) is 0 Å². The normalized spacial score (nSPS) is 10.3. The molecule has 0 bridgehead atoms. The zero-order valence-electron chi connectivity index (χ0n) is 6.40. The lowest BCUT2D eigenvalue weighted by Gasteiger charge is -2.05. The average Bonchev–Trinajstić information content (AvgIpc) is 1.96. The summed E-state index contributed by atoms with van der Waals surface area (Å²) in [5.74, 6) is 0. The zero-order chi connectivity index (χ0) is 9.14. The van der Waals surface area contributed by atoms with E-state index in [0.29, 0.717) is 16.7 Å². The Morgan fingerprint density at radius 2 is 1.83 bits per heavy atom. The van der Waals surface area contributed by atoms with Gasteiger partial charge in [-0.1, -0.05) is 23.2 Å². The second kappa shape index (κ2) is 4.65. The van der Waals surface area contributed by atoms with Crippen molar-refractivity contribution < 1.29 is 4.74 Å². The molecular weight excluding hydrogens is 310 g/mol. The Hall–Kier alpha value is 0.490. The lowest BCUT2D eigenvalue weighted by molar-refractivity contribution is 0.185. The van der Waals surface area contributed by atoms with Crippen LogP contribution >= 0.6 is 45.8 Å². The van der Waals surface area contributed by atoms with Gasteiger partial charge in [0.2, 0.25) is 0 Å². The van der Waals surface area contributed by atoms with E-state index in [0.717, 1.165) is 9.13 Å². The smallest absolute Gasteiger partial charge is 0.0742 e. The third kappa shape index (κ3) is 2.49. The van der Waals surface area contributed by atoms with Crippen molar-refractivity contribution in [2.75, 3.05) is 7.11 Å². The standard InChI is InChI=1S/C8H7Cl2IO/c1-12-4-6-7(9)2-5(11)3-8(6)10/h2-3H,4H2,1H3. The second-order valence-corrected chi connectivity index (χ2v) is 4.34. The molecule has 0 spiro atoms. The Morgan fingerprint density at radius 1 is 1.33 bits per heavy atom. The van der Waals surface area contributed by atoms with Crippen molar-refractivity contribution >= 4 is 45.8 Å². The van der Waals surface area contributed by atoms with Crippen LogP contribution in [0.25, 0.3) is 0 Å². The highest BCUT2D eigenvalue weighted by Crippen LogP contribution is 2.27. The molecule has 0 saturated carbocycles. The van der Waals surface area contributed by atoms with Gasteiger partial charge >= 0.3 is 0 Å². The van der Waals surface area contributed by atoms with Crippen molar-refractivity contribution in [1.82, 2.24) is 0 Å². The van der Waals surface area contributed by atoms with Crippen molar-refractivity contribution in [3.05, 3.63) is 31.3 Å². The van der Waals surface area contributed by atoms with Gasteiger partial charge in [0.25, 0.3) is 0 Å². The van der Waals surface area contributed by atoms with Gasteiger partial charge in [-0.15, -0.1) is 0 Å². The number of halogens is 3. The van der Waals surface area contributed by atoms with Gasteiger partial charge in [-0.3, -0.25) is 0 Å². The van der Waals surface area contributed by atoms with E-state index in [1.807, 2.05) is 12.1 Å². The summed E-state index contributed by atoms with van der Waals surface area (Å²) in [4.78, 5) is 0. The summed E-state index contributed by atoms with van der Waals surface area (Å²) in [6.45, 7) is 0.453. The maximum atomic E-state index is 5.94. The van der Waals surface area contributed by atoms with Gasteiger partial charge in [0, 0.05) is 26.3 Å². The van der Waals surface area contributed by atoms with E-state index in [1.165, 1.54) is 0 Å². The highest BCUT2D eigenvalue weighted by molar-refractivity contribution is 14.1. The third-order valence-electron chi connectivity index (χ3n) is 1.39. The van der Waals surface area contributed by atoms with E-state index in [-0.39, 0.29) is 0 Å². The van der Waals surface area contributed by atoms with Crippen molar-refractivity contribution in [1.29, 1.82) is 0 Å². The molecule has 1 rings (SSSR count). The fourth-order valence-corrected chi connectivity index (χ4v) is 2.44. The molecule has 0 aliphatic carbocycles. The molecule has 12 heavy (non-hydrogen) atoms. The molecule has 0 atom stereocenters. The average molecular weight is 317 g/mol. The van der Waals surface area contributed by atoms with Crippen LogP contribution in [0.3, 0.4) is 0 Å². The van der Waals surface area contributed by atoms with Crippen LogP contribution in [0, 0.1) is 3.57 Å². The van der Waals surface area contributed by atoms with Crippen LogP contribution in [0.5, 0.6) is 0 Å². The van der Waals surface area contributed by atoms with Crippen LogP contribution in [0.15, 0.2) is 12.1 Å². The molecular formula is C8H7Cl2IO. The summed E-state index contributed by atoms with van der Waals surface area (Å²) in [5, 5.41) is 1.32. The maximum Gasteiger partial charge on any atom is 0.0742 e. The minimum atomic E-state index is 0.453. The fourth-order valence-electron chi connectivity index (χ4n) is 0.854. The summed E-state index contributed by atoms with van der Waals surface area (Å²) < 4.78 is 5.99. The molecule has 1 aromatic rings. The molecule has 0 N–H and O–H groups in total. The van der Waals surface area contributed by atoms with Gasteiger partial charge in [0.05, 0.1) is 6.61 Å². The molecule has 4 heteroatoms. The van der Waals surface area contributed by atoms with Crippen LogP contribution < -0.4 is 0 Å². The molecule has 0 saturated heterocycles. The first kappa shape index (κ1) is 10.6. The molecule has 66 valence electrons. The van der Waals surface area contributed by atoms with Gasteiger partial charge in [-0.05, 0) is 34.7 Å². The first-order valence-corrected chi connectivity index (χ1v) is 5.11. The molecule has 0 aromatic heterocycles. The first-order chi connectivity index (χ1) is 5.65. The maximum absolute atomic E-state index is 5.94. The number of rotatable bonds is 2. The first-order valence-electron chi connectivity index (χ1n) is 3.27. The number of ether oxygens (including phenoxy) is 1. The molecule has 0 radical (unpaired) electrons. The molecule has 0 aliphatic rings. The van der Waals surface area contributed by atoms with E-state index in [4.69, 9.17) is 27.9 Å². The van der Waals surface area contributed by atoms with E-state index in [1.54, 1.807) is 7.11 Å². The Kier molecular flexibility index (Phi) is 4.10. The van der Waals surface area contributed by atoms with Crippen molar-refractivity contribution in [3.63, 3.8) is 0 Å². The molecule has 1 aromatic carbocycles. The third-order valence-corrected chi connectivity index (χ3v) is 2.69. The highest BCUT2D eigenvalue weighted by Gasteiger charge is 2.06. The monoisotopic (exact) mass is 316 g/mol. The Labute approximate surface area is 95.1 Å². The zero-order valence-corrected chi connectivity index (χ0v) is 10.1. The summed E-state index contributed by atoms with van der Waals surface area (Å²) in [5.41, 5.74) is 0.848. The minimum Gasteiger partial charge on any atom is -0.380 e. The molecule has 0 aliphatic heterocycles. The summed E-state index contributed by atoms with van der Waals surface area (Å²) in [7, 11) is 1.62. The van der Waals surface area contributed by atoms with Crippen LogP contribution in [0.1, 0.15) is 5.56 Å². The lowest BCUT2D eigenvalue weighted by Crippen LogP contribution is -1.91. The quantitative estimate of drug-likeness (QED) is 0.755. The van der Waals surface area contributed by atoms with Crippen molar-refractivity contribution in [2.45, 2.75) is 6.61 Å². The van der Waals surface area contributed by atoms with Gasteiger partial charge in [0.1, 0.15) is 0 Å².